The zero-order chi connectivity index (χ0) is 23.6. The number of carbonyl (C=O) groups excluding carboxylic acids is 2. The van der Waals surface area contributed by atoms with Crippen LogP contribution in [0.1, 0.15) is 22.1 Å². The molecule has 4 rings (SSSR count). The lowest BCUT2D eigenvalue weighted by Gasteiger charge is -2.25. The number of hydrogen-bond acceptors (Lipinski definition) is 7. The van der Waals surface area contributed by atoms with Gasteiger partial charge in [0.2, 0.25) is 15.9 Å². The molecule has 0 bridgehead atoms. The van der Waals surface area contributed by atoms with Crippen molar-refractivity contribution in [2.75, 3.05) is 19.6 Å². The van der Waals surface area contributed by atoms with Crippen LogP contribution in [0, 0.1) is 11.3 Å². The Labute approximate surface area is 190 Å². The second-order valence-corrected chi connectivity index (χ2v) is 9.38. The number of rotatable bonds is 6. The molecule has 1 amide bonds. The molecule has 0 spiro atoms. The molecule has 11 heteroatoms. The molecule has 2 heterocycles. The van der Waals surface area contributed by atoms with Gasteiger partial charge in [-0.2, -0.15) is 9.57 Å². The molecule has 1 saturated heterocycles. The summed E-state index contributed by atoms with van der Waals surface area (Å²) >= 11 is 0. The lowest BCUT2D eigenvalue weighted by atomic mass is 9.98. The minimum atomic E-state index is -3.88. The Bertz CT molecular complexity index is 1340. The quantitative estimate of drug-likeness (QED) is 0.539. The highest BCUT2D eigenvalue weighted by Crippen LogP contribution is 2.25. The Balaban J connectivity index is 1.58. The SMILES string of the molecule is Cn1c(-c2ccccc2)nnc1C(C#N)C(=O)c1ccc(S(=O)(=O)N2CCNC(=O)C2)cc1. The van der Waals surface area contributed by atoms with Crippen molar-refractivity contribution in [1.29, 1.82) is 5.26 Å². The summed E-state index contributed by atoms with van der Waals surface area (Å²) < 4.78 is 28.3. The van der Waals surface area contributed by atoms with E-state index in [1.807, 2.05) is 36.4 Å². The number of Topliss-reactive ketones (excluding diaryl/α,β-unsaturated/α-hetero) is 1. The number of benzene rings is 2. The van der Waals surface area contributed by atoms with E-state index >= 15 is 0 Å². The van der Waals surface area contributed by atoms with Crippen LogP contribution in [-0.4, -0.2) is 58.8 Å². The molecule has 10 nitrogen and oxygen atoms in total. The highest BCUT2D eigenvalue weighted by molar-refractivity contribution is 7.89. The third-order valence-corrected chi connectivity index (χ3v) is 7.23. The highest BCUT2D eigenvalue weighted by atomic mass is 32.2. The van der Waals surface area contributed by atoms with Crippen molar-refractivity contribution < 1.29 is 18.0 Å². The average Bonchev–Trinajstić information content (AvgIpc) is 3.21. The summed E-state index contributed by atoms with van der Waals surface area (Å²) in [6.07, 6.45) is 0. The van der Waals surface area contributed by atoms with E-state index < -0.39 is 21.7 Å². The standard InChI is InChI=1S/C22H20N6O4S/c1-27-21(16-5-3-2-4-6-16)25-26-22(27)18(13-23)20(30)15-7-9-17(10-8-15)33(31,32)28-12-11-24-19(29)14-28/h2-10,18H,11-12,14H2,1H3,(H,24,29). The lowest BCUT2D eigenvalue weighted by Crippen LogP contribution is -2.49. The second kappa shape index (κ2) is 8.93. The molecule has 0 radical (unpaired) electrons. The molecule has 0 saturated carbocycles. The third-order valence-electron chi connectivity index (χ3n) is 5.37. The van der Waals surface area contributed by atoms with Gasteiger partial charge >= 0.3 is 0 Å². The van der Waals surface area contributed by atoms with Crippen molar-refractivity contribution in [3.05, 3.63) is 66.0 Å². The van der Waals surface area contributed by atoms with E-state index in [4.69, 9.17) is 0 Å². The van der Waals surface area contributed by atoms with Crippen LogP contribution < -0.4 is 5.32 Å². The second-order valence-electron chi connectivity index (χ2n) is 7.45. The fraction of sp³-hybridized carbons (Fsp3) is 0.227. The molecule has 33 heavy (non-hydrogen) atoms. The summed E-state index contributed by atoms with van der Waals surface area (Å²) in [5.74, 6) is -1.39. The van der Waals surface area contributed by atoms with E-state index in [0.29, 0.717) is 5.82 Å². The molecule has 1 aliphatic rings. The number of nitriles is 1. The largest absolute Gasteiger partial charge is 0.354 e. The van der Waals surface area contributed by atoms with E-state index in [0.717, 1.165) is 9.87 Å². The molecule has 1 N–H and O–H groups in total. The normalized spacial score (nSPS) is 15.5. The van der Waals surface area contributed by atoms with Gasteiger partial charge in [-0.3, -0.25) is 9.59 Å². The van der Waals surface area contributed by atoms with Crippen LogP contribution in [0.2, 0.25) is 0 Å². The molecular weight excluding hydrogens is 444 g/mol. The number of nitrogens with zero attached hydrogens (tertiary/aromatic N) is 5. The van der Waals surface area contributed by atoms with Crippen LogP contribution in [-0.2, 0) is 21.9 Å². The summed E-state index contributed by atoms with van der Waals surface area (Å²) in [7, 11) is -2.20. The number of piperazine rings is 1. The van der Waals surface area contributed by atoms with Gasteiger partial charge in [-0.15, -0.1) is 10.2 Å². The molecule has 1 atom stereocenters. The van der Waals surface area contributed by atoms with Gasteiger partial charge in [-0.1, -0.05) is 42.5 Å². The van der Waals surface area contributed by atoms with Gasteiger partial charge in [0, 0.05) is 31.3 Å². The Hall–Kier alpha value is -3.88. The van der Waals surface area contributed by atoms with Crippen LogP contribution in [0.25, 0.3) is 11.4 Å². The number of carbonyl (C=O) groups is 2. The lowest BCUT2D eigenvalue weighted by molar-refractivity contribution is -0.122. The highest BCUT2D eigenvalue weighted by Gasteiger charge is 2.31. The van der Waals surface area contributed by atoms with Gasteiger partial charge in [0.1, 0.15) is 0 Å². The minimum absolute atomic E-state index is 0.0349. The van der Waals surface area contributed by atoms with Gasteiger partial charge in [0.15, 0.2) is 23.3 Å². The Kier molecular flexibility index (Phi) is 6.04. The van der Waals surface area contributed by atoms with Crippen molar-refractivity contribution in [3.63, 3.8) is 0 Å². The maximum atomic E-state index is 13.1. The summed E-state index contributed by atoms with van der Waals surface area (Å²) in [5, 5.41) is 20.5. The molecule has 2 aromatic carbocycles. The first kappa shape index (κ1) is 22.3. The number of hydrogen-bond donors (Lipinski definition) is 1. The summed E-state index contributed by atoms with van der Waals surface area (Å²) in [4.78, 5) is 24.6. The fourth-order valence-corrected chi connectivity index (χ4v) is 4.99. The van der Waals surface area contributed by atoms with Crippen molar-refractivity contribution in [1.82, 2.24) is 24.4 Å². The predicted molar refractivity (Wildman–Crippen MR) is 117 cm³/mol. The van der Waals surface area contributed by atoms with Gasteiger partial charge in [-0.05, 0) is 12.1 Å². The Morgan fingerprint density at radius 1 is 1.12 bits per heavy atom. The van der Waals surface area contributed by atoms with Gasteiger partial charge in [0.05, 0.1) is 17.5 Å². The van der Waals surface area contributed by atoms with Crippen LogP contribution in [0.4, 0.5) is 0 Å². The monoisotopic (exact) mass is 464 g/mol. The van der Waals surface area contributed by atoms with E-state index in [-0.39, 0.29) is 41.8 Å². The van der Waals surface area contributed by atoms with Crippen molar-refractivity contribution in [2.45, 2.75) is 10.8 Å². The van der Waals surface area contributed by atoms with Gasteiger partial charge < -0.3 is 9.88 Å². The zero-order valence-corrected chi connectivity index (χ0v) is 18.5. The Morgan fingerprint density at radius 3 is 2.45 bits per heavy atom. The van der Waals surface area contributed by atoms with E-state index in [2.05, 4.69) is 15.5 Å². The molecule has 168 valence electrons. The van der Waals surface area contributed by atoms with Crippen molar-refractivity contribution >= 4 is 21.7 Å². The van der Waals surface area contributed by atoms with E-state index in [1.165, 1.54) is 24.3 Å². The topological polar surface area (TPSA) is 138 Å². The summed E-state index contributed by atoms with van der Waals surface area (Å²) in [6, 6.07) is 16.6. The first-order valence-electron chi connectivity index (χ1n) is 10.1. The predicted octanol–water partition coefficient (Wildman–Crippen LogP) is 1.09. The average molecular weight is 465 g/mol. The van der Waals surface area contributed by atoms with Crippen LogP contribution in [0.3, 0.4) is 0 Å². The number of aromatic nitrogens is 3. The van der Waals surface area contributed by atoms with Crippen LogP contribution in [0.15, 0.2) is 59.5 Å². The molecule has 1 unspecified atom stereocenters. The van der Waals surface area contributed by atoms with Crippen LogP contribution in [0.5, 0.6) is 0 Å². The van der Waals surface area contributed by atoms with Crippen LogP contribution >= 0.6 is 0 Å². The first-order chi connectivity index (χ1) is 15.8. The van der Waals surface area contributed by atoms with Crippen molar-refractivity contribution in [2.24, 2.45) is 7.05 Å². The van der Waals surface area contributed by atoms with Gasteiger partial charge in [0.25, 0.3) is 0 Å². The Morgan fingerprint density at radius 2 is 1.82 bits per heavy atom. The van der Waals surface area contributed by atoms with Gasteiger partial charge in [-0.25, -0.2) is 8.42 Å². The fourth-order valence-electron chi connectivity index (χ4n) is 3.59. The molecule has 1 aromatic heterocycles. The van der Waals surface area contributed by atoms with Crippen molar-refractivity contribution in [3.8, 4) is 17.5 Å². The molecular formula is C22H20N6O4S. The molecule has 1 fully saturated rings. The number of sulfonamides is 1. The smallest absolute Gasteiger partial charge is 0.243 e. The summed E-state index contributed by atoms with van der Waals surface area (Å²) in [5.41, 5.74) is 0.963. The molecule has 3 aromatic rings. The summed E-state index contributed by atoms with van der Waals surface area (Å²) in [6.45, 7) is 0.151. The van der Waals surface area contributed by atoms with E-state index in [9.17, 15) is 23.3 Å². The first-order valence-corrected chi connectivity index (χ1v) is 11.5. The third kappa shape index (κ3) is 4.26. The van der Waals surface area contributed by atoms with E-state index in [1.54, 1.807) is 11.6 Å². The maximum Gasteiger partial charge on any atom is 0.243 e. The maximum absolute atomic E-state index is 13.1. The minimum Gasteiger partial charge on any atom is -0.354 e. The zero-order valence-electron chi connectivity index (χ0n) is 17.7. The molecule has 0 aliphatic carbocycles. The number of amides is 1. The number of nitrogens with one attached hydrogen (secondary N) is 1. The number of ketones is 1. The molecule has 1 aliphatic heterocycles.